The second kappa shape index (κ2) is 10.7. The Balaban J connectivity index is 3.11. The van der Waals surface area contributed by atoms with E-state index >= 15 is 0 Å². The zero-order chi connectivity index (χ0) is 11.5. The Kier molecular flexibility index (Phi) is 10.8. The van der Waals surface area contributed by atoms with Gasteiger partial charge in [0.1, 0.15) is 0 Å². The van der Waals surface area contributed by atoms with Gasteiger partial charge in [-0.1, -0.05) is 44.8 Å². The molecule has 0 rings (SSSR count). The van der Waals surface area contributed by atoms with Gasteiger partial charge in [-0.2, -0.15) is 0 Å². The van der Waals surface area contributed by atoms with Crippen LogP contribution in [0.25, 0.3) is 0 Å². The van der Waals surface area contributed by atoms with Crippen LogP contribution >= 0.6 is 22.6 Å². The highest BCUT2D eigenvalue weighted by molar-refractivity contribution is 14.1. The van der Waals surface area contributed by atoms with Crippen LogP contribution in [0.2, 0.25) is 0 Å². The Labute approximate surface area is 108 Å². The fourth-order valence-corrected chi connectivity index (χ4v) is 1.80. The third-order valence-electron chi connectivity index (χ3n) is 2.50. The second-order valence-corrected chi connectivity index (χ2v) is 5.34. The fraction of sp³-hybridized carbons (Fsp3) is 0.692. The number of rotatable bonds is 10. The molecule has 0 aromatic carbocycles. The minimum atomic E-state index is -0.300. The first-order valence-corrected chi connectivity index (χ1v) is 6.89. The molecule has 15 heavy (non-hydrogen) atoms. The maximum absolute atomic E-state index is 9.48. The molecule has 0 amide bonds. The topological polar surface area (TPSA) is 20.2 Å². The molecule has 0 aliphatic rings. The lowest BCUT2D eigenvalue weighted by atomic mass is 10.1. The molecule has 0 fully saturated rings. The Morgan fingerprint density at radius 2 is 1.67 bits per heavy atom. The standard InChI is InChI=1S/C13H23IO/c1-3-4-5-6-7-8-9-10-11-13(15)12(2)14/h3,13,15H,1-2,4-11H2. The minimum absolute atomic E-state index is 0.300. The molecular weight excluding hydrogens is 299 g/mol. The van der Waals surface area contributed by atoms with Gasteiger partial charge in [0.05, 0.1) is 6.10 Å². The Bertz CT molecular complexity index is 177. The number of hydrogen-bond acceptors (Lipinski definition) is 1. The second-order valence-electron chi connectivity index (χ2n) is 3.95. The number of hydrogen-bond donors (Lipinski definition) is 1. The third-order valence-corrected chi connectivity index (χ3v) is 3.22. The highest BCUT2D eigenvalue weighted by Crippen LogP contribution is 2.16. The number of aliphatic hydroxyl groups excluding tert-OH is 1. The van der Waals surface area contributed by atoms with Crippen LogP contribution in [0.5, 0.6) is 0 Å². The van der Waals surface area contributed by atoms with Crippen molar-refractivity contribution in [1.82, 2.24) is 0 Å². The van der Waals surface area contributed by atoms with Crippen molar-refractivity contribution in [3.8, 4) is 0 Å². The van der Waals surface area contributed by atoms with Gasteiger partial charge >= 0.3 is 0 Å². The number of unbranched alkanes of at least 4 members (excludes halogenated alkanes) is 6. The van der Waals surface area contributed by atoms with E-state index in [0.29, 0.717) is 0 Å². The predicted octanol–water partition coefficient (Wildman–Crippen LogP) is 4.60. The van der Waals surface area contributed by atoms with E-state index in [4.69, 9.17) is 0 Å². The molecule has 0 bridgehead atoms. The molecule has 88 valence electrons. The van der Waals surface area contributed by atoms with Crippen LogP contribution in [0, 0.1) is 0 Å². The molecule has 1 N–H and O–H groups in total. The molecule has 0 aromatic heterocycles. The summed E-state index contributed by atoms with van der Waals surface area (Å²) < 4.78 is 0.860. The summed E-state index contributed by atoms with van der Waals surface area (Å²) >= 11 is 2.10. The Morgan fingerprint density at radius 1 is 1.13 bits per heavy atom. The Hall–Kier alpha value is 0.170. The van der Waals surface area contributed by atoms with E-state index in [2.05, 4.69) is 35.7 Å². The van der Waals surface area contributed by atoms with Crippen LogP contribution in [0.1, 0.15) is 51.4 Å². The first-order valence-electron chi connectivity index (χ1n) is 5.81. The number of aliphatic hydroxyl groups is 1. The summed E-state index contributed by atoms with van der Waals surface area (Å²) in [5.41, 5.74) is 0. The van der Waals surface area contributed by atoms with Gasteiger partial charge in [-0.25, -0.2) is 0 Å². The van der Waals surface area contributed by atoms with Crippen molar-refractivity contribution in [3.05, 3.63) is 22.8 Å². The van der Waals surface area contributed by atoms with Crippen molar-refractivity contribution in [1.29, 1.82) is 0 Å². The SMILES string of the molecule is C=CCCCCCCCCC(O)C(=C)I. The Morgan fingerprint density at radius 3 is 2.20 bits per heavy atom. The molecule has 0 radical (unpaired) electrons. The van der Waals surface area contributed by atoms with Gasteiger partial charge in [0.25, 0.3) is 0 Å². The third kappa shape index (κ3) is 10.5. The van der Waals surface area contributed by atoms with Gasteiger partial charge in [-0.15, -0.1) is 6.58 Å². The average molecular weight is 322 g/mol. The zero-order valence-electron chi connectivity index (χ0n) is 9.55. The lowest BCUT2D eigenvalue weighted by Crippen LogP contribution is -2.04. The molecule has 1 atom stereocenters. The average Bonchev–Trinajstić information content (AvgIpc) is 2.21. The van der Waals surface area contributed by atoms with E-state index in [1.165, 1.54) is 32.1 Å². The molecule has 0 aliphatic heterocycles. The first-order chi connectivity index (χ1) is 7.18. The molecule has 0 saturated heterocycles. The highest BCUT2D eigenvalue weighted by Gasteiger charge is 2.04. The van der Waals surface area contributed by atoms with E-state index in [0.717, 1.165) is 22.8 Å². The maximum atomic E-state index is 9.48. The van der Waals surface area contributed by atoms with Gasteiger partial charge in [0.2, 0.25) is 0 Å². The minimum Gasteiger partial charge on any atom is -0.388 e. The van der Waals surface area contributed by atoms with Crippen LogP contribution < -0.4 is 0 Å². The van der Waals surface area contributed by atoms with E-state index in [1.807, 2.05) is 6.08 Å². The number of allylic oxidation sites excluding steroid dienone is 1. The van der Waals surface area contributed by atoms with Gasteiger partial charge in [-0.3, -0.25) is 0 Å². The van der Waals surface area contributed by atoms with Gasteiger partial charge in [-0.05, 0) is 41.9 Å². The molecule has 0 spiro atoms. The largest absolute Gasteiger partial charge is 0.388 e. The maximum Gasteiger partial charge on any atom is 0.0840 e. The van der Waals surface area contributed by atoms with Crippen LogP contribution in [-0.4, -0.2) is 11.2 Å². The molecule has 0 saturated carbocycles. The van der Waals surface area contributed by atoms with Crippen molar-refractivity contribution < 1.29 is 5.11 Å². The van der Waals surface area contributed by atoms with Crippen molar-refractivity contribution in [2.24, 2.45) is 0 Å². The molecule has 0 aromatic rings. The van der Waals surface area contributed by atoms with Crippen molar-refractivity contribution >= 4 is 22.6 Å². The molecular formula is C13H23IO. The van der Waals surface area contributed by atoms with Crippen LogP contribution in [0.3, 0.4) is 0 Å². The molecule has 0 heterocycles. The first kappa shape index (κ1) is 15.2. The summed E-state index contributed by atoms with van der Waals surface area (Å²) in [4.78, 5) is 0. The summed E-state index contributed by atoms with van der Waals surface area (Å²) in [6.45, 7) is 7.44. The molecule has 2 heteroatoms. The van der Waals surface area contributed by atoms with E-state index in [1.54, 1.807) is 0 Å². The summed E-state index contributed by atoms with van der Waals surface area (Å²) in [6, 6.07) is 0. The summed E-state index contributed by atoms with van der Waals surface area (Å²) in [7, 11) is 0. The quantitative estimate of drug-likeness (QED) is 0.354. The van der Waals surface area contributed by atoms with Gasteiger partial charge in [0, 0.05) is 3.58 Å². The molecule has 1 nitrogen and oxygen atoms in total. The predicted molar refractivity (Wildman–Crippen MR) is 76.3 cm³/mol. The summed E-state index contributed by atoms with van der Waals surface area (Å²) in [5.74, 6) is 0. The van der Waals surface area contributed by atoms with E-state index in [-0.39, 0.29) is 6.10 Å². The van der Waals surface area contributed by atoms with Crippen molar-refractivity contribution in [2.45, 2.75) is 57.5 Å². The normalized spacial score (nSPS) is 12.4. The fourth-order valence-electron chi connectivity index (χ4n) is 1.49. The van der Waals surface area contributed by atoms with Crippen LogP contribution in [-0.2, 0) is 0 Å². The van der Waals surface area contributed by atoms with Crippen LogP contribution in [0.4, 0.5) is 0 Å². The lowest BCUT2D eigenvalue weighted by molar-refractivity contribution is 0.206. The van der Waals surface area contributed by atoms with Crippen LogP contribution in [0.15, 0.2) is 22.8 Å². The summed E-state index contributed by atoms with van der Waals surface area (Å²) in [6.07, 6.45) is 11.2. The molecule has 0 aliphatic carbocycles. The summed E-state index contributed by atoms with van der Waals surface area (Å²) in [5, 5.41) is 9.48. The monoisotopic (exact) mass is 322 g/mol. The lowest BCUT2D eigenvalue weighted by Gasteiger charge is -2.07. The highest BCUT2D eigenvalue weighted by atomic mass is 127. The van der Waals surface area contributed by atoms with Crippen molar-refractivity contribution in [3.63, 3.8) is 0 Å². The van der Waals surface area contributed by atoms with Gasteiger partial charge < -0.3 is 5.11 Å². The zero-order valence-corrected chi connectivity index (χ0v) is 11.7. The van der Waals surface area contributed by atoms with E-state index in [9.17, 15) is 5.11 Å². The van der Waals surface area contributed by atoms with Gasteiger partial charge in [0.15, 0.2) is 0 Å². The smallest absolute Gasteiger partial charge is 0.0840 e. The van der Waals surface area contributed by atoms with E-state index < -0.39 is 0 Å². The van der Waals surface area contributed by atoms with Crippen molar-refractivity contribution in [2.75, 3.05) is 0 Å². The number of halogens is 1. The molecule has 1 unspecified atom stereocenters.